The van der Waals surface area contributed by atoms with Gasteiger partial charge in [0.05, 0.1) is 6.42 Å². The first-order valence-electron chi connectivity index (χ1n) is 6.53. The van der Waals surface area contributed by atoms with Gasteiger partial charge in [-0.3, -0.25) is 4.79 Å². The van der Waals surface area contributed by atoms with Crippen molar-refractivity contribution in [2.45, 2.75) is 20.3 Å². The lowest BCUT2D eigenvalue weighted by atomic mass is 10.2. The number of carboxylic acid groups (broad SMARTS) is 6. The van der Waals surface area contributed by atoms with Gasteiger partial charge in [0.15, 0.2) is 0 Å². The molecule has 0 saturated carbocycles. The Balaban J connectivity index is -0.000000320. The maximum absolute atomic E-state index is 9.90. The first-order chi connectivity index (χ1) is 12.1. The summed E-state index contributed by atoms with van der Waals surface area (Å²) in [5.41, 5.74) is -0.660. The van der Waals surface area contributed by atoms with Crippen LogP contribution >= 0.6 is 0 Å². The molecular formula is C15H18O12. The molecule has 12 heteroatoms. The summed E-state index contributed by atoms with van der Waals surface area (Å²) in [7, 11) is 0. The van der Waals surface area contributed by atoms with Crippen LogP contribution in [0.4, 0.5) is 0 Å². The minimum absolute atomic E-state index is 0.178. The standard InChI is InChI=1S/3C5H6O4/c3*1-3(5(8)9)2-4(6)7/h2*2H,1H3,(H,6,7)(H,8,9);1-2H2,(H,6,7)(H,8,9)/b3-2+;3-2-;. The van der Waals surface area contributed by atoms with Crippen LogP contribution in [-0.4, -0.2) is 66.5 Å². The molecule has 0 atom stereocenters. The highest BCUT2D eigenvalue weighted by Gasteiger charge is 2.07. The average molecular weight is 390 g/mol. The molecule has 27 heavy (non-hydrogen) atoms. The molecule has 0 aromatic heterocycles. The fourth-order valence-corrected chi connectivity index (χ4v) is 0.752. The summed E-state index contributed by atoms with van der Waals surface area (Å²) >= 11 is 0. The summed E-state index contributed by atoms with van der Waals surface area (Å²) in [5.74, 6) is -7.35. The van der Waals surface area contributed by atoms with Crippen molar-refractivity contribution in [3.05, 3.63) is 35.5 Å². The highest BCUT2D eigenvalue weighted by Crippen LogP contribution is 1.95. The molecule has 0 unspecified atom stereocenters. The minimum atomic E-state index is -1.27. The van der Waals surface area contributed by atoms with Crippen LogP contribution in [-0.2, 0) is 28.8 Å². The summed E-state index contributed by atoms with van der Waals surface area (Å²) in [4.78, 5) is 59.0. The number of rotatable bonds is 7. The van der Waals surface area contributed by atoms with Crippen molar-refractivity contribution in [2.24, 2.45) is 0 Å². The SMILES string of the molecule is C/C(=C/C(=O)O)C(=O)O.C/C(=C\C(=O)O)C(=O)O.C=C(CC(=O)O)C(=O)O. The van der Waals surface area contributed by atoms with Crippen molar-refractivity contribution in [1.82, 2.24) is 0 Å². The Morgan fingerprint density at radius 3 is 1.04 bits per heavy atom. The fourth-order valence-electron chi connectivity index (χ4n) is 0.752. The van der Waals surface area contributed by atoms with Crippen LogP contribution in [0.2, 0.25) is 0 Å². The third kappa shape index (κ3) is 22.0. The van der Waals surface area contributed by atoms with Gasteiger partial charge in [0.1, 0.15) is 0 Å². The van der Waals surface area contributed by atoms with Gasteiger partial charge in [-0.1, -0.05) is 6.58 Å². The second-order valence-electron chi connectivity index (χ2n) is 4.42. The van der Waals surface area contributed by atoms with Crippen molar-refractivity contribution >= 4 is 35.8 Å². The topological polar surface area (TPSA) is 224 Å². The Labute approximate surface area is 152 Å². The third-order valence-electron chi connectivity index (χ3n) is 2.02. The quantitative estimate of drug-likeness (QED) is 0.323. The summed E-state index contributed by atoms with van der Waals surface area (Å²) in [6.45, 7) is 5.45. The molecule has 6 N–H and O–H groups in total. The fraction of sp³-hybridized carbons (Fsp3) is 0.200. The van der Waals surface area contributed by atoms with Crippen LogP contribution < -0.4 is 0 Å². The maximum atomic E-state index is 9.90. The lowest BCUT2D eigenvalue weighted by Gasteiger charge is -1.91. The molecular weight excluding hydrogens is 372 g/mol. The van der Waals surface area contributed by atoms with Crippen LogP contribution in [0.15, 0.2) is 35.5 Å². The zero-order valence-electron chi connectivity index (χ0n) is 14.2. The van der Waals surface area contributed by atoms with Crippen molar-refractivity contribution in [2.75, 3.05) is 0 Å². The van der Waals surface area contributed by atoms with Gasteiger partial charge < -0.3 is 30.6 Å². The second kappa shape index (κ2) is 14.4. The normalized spacial score (nSPS) is 10.1. The molecule has 0 bridgehead atoms. The van der Waals surface area contributed by atoms with Crippen LogP contribution in [0.3, 0.4) is 0 Å². The number of hydrogen-bond acceptors (Lipinski definition) is 6. The summed E-state index contributed by atoms with van der Waals surface area (Å²) < 4.78 is 0. The first kappa shape index (κ1) is 27.9. The van der Waals surface area contributed by atoms with Crippen molar-refractivity contribution in [3.63, 3.8) is 0 Å². The summed E-state index contributed by atoms with van der Waals surface area (Å²) in [6.07, 6.45) is 0.778. The molecule has 0 radical (unpaired) electrons. The molecule has 12 nitrogen and oxygen atoms in total. The van der Waals surface area contributed by atoms with Gasteiger partial charge in [-0.25, -0.2) is 24.0 Å². The molecule has 0 aliphatic carbocycles. The lowest BCUT2D eigenvalue weighted by molar-refractivity contribution is -0.139. The number of aliphatic carboxylic acids is 6. The molecule has 0 aliphatic heterocycles. The largest absolute Gasteiger partial charge is 0.481 e. The molecule has 0 aliphatic rings. The molecule has 0 spiro atoms. The molecule has 0 amide bonds. The number of carboxylic acids is 6. The van der Waals surface area contributed by atoms with Gasteiger partial charge in [-0.2, -0.15) is 0 Å². The van der Waals surface area contributed by atoms with E-state index in [0.29, 0.717) is 12.2 Å². The second-order valence-corrected chi connectivity index (χ2v) is 4.42. The lowest BCUT2D eigenvalue weighted by Crippen LogP contribution is -2.04. The molecule has 0 fully saturated rings. The van der Waals surface area contributed by atoms with Crippen LogP contribution in [0.5, 0.6) is 0 Å². The first-order valence-corrected chi connectivity index (χ1v) is 6.53. The van der Waals surface area contributed by atoms with E-state index in [9.17, 15) is 28.8 Å². The molecule has 0 aromatic carbocycles. The third-order valence-corrected chi connectivity index (χ3v) is 2.02. The van der Waals surface area contributed by atoms with E-state index in [1.54, 1.807) is 0 Å². The van der Waals surface area contributed by atoms with Crippen LogP contribution in [0.1, 0.15) is 20.3 Å². The highest BCUT2D eigenvalue weighted by molar-refractivity contribution is 5.94. The zero-order chi connectivity index (χ0) is 22.3. The van der Waals surface area contributed by atoms with Gasteiger partial charge in [0.25, 0.3) is 0 Å². The molecule has 0 aromatic rings. The molecule has 150 valence electrons. The smallest absolute Gasteiger partial charge is 0.331 e. The maximum Gasteiger partial charge on any atom is 0.331 e. The van der Waals surface area contributed by atoms with Crippen molar-refractivity contribution < 1.29 is 59.4 Å². The van der Waals surface area contributed by atoms with Crippen LogP contribution in [0.25, 0.3) is 0 Å². The van der Waals surface area contributed by atoms with Gasteiger partial charge in [-0.15, -0.1) is 0 Å². The molecule has 0 rings (SSSR count). The van der Waals surface area contributed by atoms with Crippen molar-refractivity contribution in [3.8, 4) is 0 Å². The average Bonchev–Trinajstić information content (AvgIpc) is 2.46. The predicted octanol–water partition coefficient (Wildman–Crippen LogP) is 0.306. The summed E-state index contributed by atoms with van der Waals surface area (Å²) in [5, 5.41) is 48.3. The van der Waals surface area contributed by atoms with E-state index in [1.165, 1.54) is 13.8 Å². The van der Waals surface area contributed by atoms with E-state index >= 15 is 0 Å². The van der Waals surface area contributed by atoms with Gasteiger partial charge in [0, 0.05) is 28.9 Å². The highest BCUT2D eigenvalue weighted by atomic mass is 16.4. The van der Waals surface area contributed by atoms with Gasteiger partial charge >= 0.3 is 35.8 Å². The molecule has 0 saturated heterocycles. The van der Waals surface area contributed by atoms with Crippen LogP contribution in [0, 0.1) is 0 Å². The van der Waals surface area contributed by atoms with E-state index < -0.39 is 42.2 Å². The van der Waals surface area contributed by atoms with E-state index in [1.807, 2.05) is 0 Å². The Morgan fingerprint density at radius 1 is 0.667 bits per heavy atom. The zero-order valence-corrected chi connectivity index (χ0v) is 14.2. The molecule has 0 heterocycles. The number of carbonyl (C=O) groups is 6. The summed E-state index contributed by atoms with van der Waals surface area (Å²) in [6, 6.07) is 0. The predicted molar refractivity (Wildman–Crippen MR) is 87.1 cm³/mol. The van der Waals surface area contributed by atoms with E-state index in [4.69, 9.17) is 30.6 Å². The number of hydrogen-bond donors (Lipinski definition) is 6. The van der Waals surface area contributed by atoms with E-state index in [0.717, 1.165) is 0 Å². The van der Waals surface area contributed by atoms with Gasteiger partial charge in [0.2, 0.25) is 0 Å². The van der Waals surface area contributed by atoms with Crippen molar-refractivity contribution in [1.29, 1.82) is 0 Å². The Kier molecular flexibility index (Phi) is 14.9. The minimum Gasteiger partial charge on any atom is -0.481 e. The van der Waals surface area contributed by atoms with Gasteiger partial charge in [-0.05, 0) is 13.8 Å². The van der Waals surface area contributed by atoms with E-state index in [2.05, 4.69) is 6.58 Å². The monoisotopic (exact) mass is 390 g/mol. The Bertz CT molecular complexity index is 641. The van der Waals surface area contributed by atoms with E-state index in [-0.39, 0.29) is 16.7 Å². The Hall–Kier alpha value is -3.96. The Morgan fingerprint density at radius 2 is 0.963 bits per heavy atom.